The van der Waals surface area contributed by atoms with E-state index in [1.54, 1.807) is 19.1 Å². The molecule has 9 heteroatoms. The number of aromatic nitrogens is 2. The lowest BCUT2D eigenvalue weighted by Crippen LogP contribution is -2.33. The predicted octanol–water partition coefficient (Wildman–Crippen LogP) is 2.41. The zero-order chi connectivity index (χ0) is 18.4. The Hall–Kier alpha value is -2.55. The summed E-state index contributed by atoms with van der Waals surface area (Å²) in [6, 6.07) is 5.94. The Balaban J connectivity index is 1.95. The highest BCUT2D eigenvalue weighted by Crippen LogP contribution is 2.18. The van der Waals surface area contributed by atoms with Crippen LogP contribution in [0.2, 0.25) is 0 Å². The van der Waals surface area contributed by atoms with Crippen LogP contribution in [0.25, 0.3) is 0 Å². The first-order valence-corrected chi connectivity index (χ1v) is 7.46. The van der Waals surface area contributed by atoms with Crippen LogP contribution in [-0.4, -0.2) is 46.4 Å². The predicted molar refractivity (Wildman–Crippen MR) is 81.3 cm³/mol. The van der Waals surface area contributed by atoms with Crippen molar-refractivity contribution >= 4 is 5.97 Å². The molecule has 0 fully saturated rings. The van der Waals surface area contributed by atoms with Crippen LogP contribution in [0.4, 0.5) is 13.2 Å². The van der Waals surface area contributed by atoms with Gasteiger partial charge < -0.3 is 14.6 Å². The van der Waals surface area contributed by atoms with Gasteiger partial charge in [-0.2, -0.15) is 9.49 Å². The van der Waals surface area contributed by atoms with E-state index >= 15 is 0 Å². The molecular formula is C16H17F3N2O4. The maximum absolute atomic E-state index is 13.3. The van der Waals surface area contributed by atoms with E-state index in [1.165, 1.54) is 29.2 Å². The number of carbonyl (C=O) groups is 1. The van der Waals surface area contributed by atoms with Crippen LogP contribution in [0.15, 0.2) is 36.7 Å². The van der Waals surface area contributed by atoms with Gasteiger partial charge in [0.1, 0.15) is 5.75 Å². The summed E-state index contributed by atoms with van der Waals surface area (Å²) in [5, 5.41) is 12.9. The maximum Gasteiger partial charge on any atom is 0.341 e. The van der Waals surface area contributed by atoms with Gasteiger partial charge >= 0.3 is 5.97 Å². The molecule has 0 aliphatic carbocycles. The van der Waals surface area contributed by atoms with Crippen molar-refractivity contribution in [3.05, 3.63) is 47.8 Å². The molecule has 1 aromatic heterocycles. The van der Waals surface area contributed by atoms with Crippen LogP contribution in [0.1, 0.15) is 22.8 Å². The first-order valence-electron chi connectivity index (χ1n) is 7.46. The summed E-state index contributed by atoms with van der Waals surface area (Å²) in [6.45, 7) is 2.30. The van der Waals surface area contributed by atoms with E-state index in [4.69, 9.17) is 9.84 Å². The number of aliphatic hydroxyl groups is 1. The number of aliphatic hydroxyl groups excluding tert-OH is 1. The molecule has 0 aliphatic heterocycles. The minimum atomic E-state index is -3.23. The molecule has 25 heavy (non-hydrogen) atoms. The molecule has 0 radical (unpaired) electrons. The zero-order valence-corrected chi connectivity index (χ0v) is 13.3. The summed E-state index contributed by atoms with van der Waals surface area (Å²) < 4.78 is 48.7. The van der Waals surface area contributed by atoms with Crippen LogP contribution in [0.5, 0.6) is 5.75 Å². The molecule has 0 amide bonds. The molecule has 6 nitrogen and oxygen atoms in total. The average Bonchev–Trinajstić information content (AvgIpc) is 3.04. The minimum Gasteiger partial charge on any atom is -0.462 e. The number of hydrogen-bond donors (Lipinski definition) is 1. The van der Waals surface area contributed by atoms with Crippen molar-refractivity contribution in [2.75, 3.05) is 6.61 Å². The summed E-state index contributed by atoms with van der Waals surface area (Å²) >= 11 is 0. The normalized spacial score (nSPS) is 13.5. The maximum atomic E-state index is 13.3. The third kappa shape index (κ3) is 5.21. The number of halogens is 3. The van der Waals surface area contributed by atoms with Gasteiger partial charge in [0.15, 0.2) is 6.10 Å². The fourth-order valence-corrected chi connectivity index (χ4v) is 1.94. The molecule has 0 saturated heterocycles. The number of hydrogen-bond acceptors (Lipinski definition) is 5. The van der Waals surface area contributed by atoms with Gasteiger partial charge in [0.25, 0.3) is 12.8 Å². The van der Waals surface area contributed by atoms with E-state index in [0.29, 0.717) is 12.1 Å². The molecule has 2 rings (SSSR count). The minimum absolute atomic E-state index is 0.00336. The van der Waals surface area contributed by atoms with Crippen molar-refractivity contribution in [1.82, 2.24) is 9.78 Å². The molecule has 136 valence electrons. The number of carbonyl (C=O) groups excluding carboxylic acids is 1. The number of benzene rings is 1. The molecule has 0 saturated carbocycles. The summed E-state index contributed by atoms with van der Waals surface area (Å²) in [5.74, 6) is -0.465. The van der Waals surface area contributed by atoms with Gasteiger partial charge in [-0.25, -0.2) is 13.6 Å². The van der Waals surface area contributed by atoms with E-state index in [9.17, 15) is 18.0 Å². The van der Waals surface area contributed by atoms with Crippen molar-refractivity contribution in [2.24, 2.45) is 0 Å². The molecule has 2 aromatic rings. The van der Waals surface area contributed by atoms with Crippen molar-refractivity contribution in [3.8, 4) is 5.75 Å². The van der Waals surface area contributed by atoms with Gasteiger partial charge in [0, 0.05) is 6.20 Å². The lowest BCUT2D eigenvalue weighted by Gasteiger charge is -2.16. The second kappa shape index (κ2) is 8.52. The van der Waals surface area contributed by atoms with Gasteiger partial charge in [0.2, 0.25) is 0 Å². The van der Waals surface area contributed by atoms with E-state index in [2.05, 4.69) is 9.84 Å². The highest BCUT2D eigenvalue weighted by atomic mass is 19.3. The fourth-order valence-electron chi connectivity index (χ4n) is 1.94. The Morgan fingerprint density at radius 2 is 1.96 bits per heavy atom. The second-order valence-electron chi connectivity index (χ2n) is 5.09. The van der Waals surface area contributed by atoms with Crippen molar-refractivity contribution in [1.29, 1.82) is 0 Å². The molecular weight excluding hydrogens is 341 g/mol. The zero-order valence-electron chi connectivity index (χ0n) is 13.3. The van der Waals surface area contributed by atoms with Crippen LogP contribution in [0.3, 0.4) is 0 Å². The third-order valence-corrected chi connectivity index (χ3v) is 3.19. The van der Waals surface area contributed by atoms with Gasteiger partial charge in [-0.15, -0.1) is 0 Å². The molecule has 0 bridgehead atoms. The van der Waals surface area contributed by atoms with Gasteiger partial charge in [-0.3, -0.25) is 4.68 Å². The number of esters is 1. The smallest absolute Gasteiger partial charge is 0.341 e. The third-order valence-electron chi connectivity index (χ3n) is 3.19. The summed E-state index contributed by atoms with van der Waals surface area (Å²) in [4.78, 5) is 11.6. The Morgan fingerprint density at radius 3 is 2.56 bits per heavy atom. The quantitative estimate of drug-likeness (QED) is 0.734. The molecule has 2 unspecified atom stereocenters. The van der Waals surface area contributed by atoms with E-state index in [-0.39, 0.29) is 12.4 Å². The lowest BCUT2D eigenvalue weighted by atomic mass is 10.2. The SMILES string of the molecule is CCOC(=O)c1cnn(Cc2ccc(OC(F)C(O)C(F)F)cc2)c1. The summed E-state index contributed by atoms with van der Waals surface area (Å²) in [6.07, 6.45) is -5.36. The number of alkyl halides is 3. The summed E-state index contributed by atoms with van der Waals surface area (Å²) in [5.41, 5.74) is 1.08. The molecule has 1 heterocycles. The average molecular weight is 358 g/mol. The van der Waals surface area contributed by atoms with Crippen molar-refractivity contribution in [3.63, 3.8) is 0 Å². The van der Waals surface area contributed by atoms with Crippen LogP contribution < -0.4 is 4.74 Å². The lowest BCUT2D eigenvalue weighted by molar-refractivity contribution is -0.114. The molecule has 0 spiro atoms. The van der Waals surface area contributed by atoms with Crippen molar-refractivity contribution < 1.29 is 32.5 Å². The topological polar surface area (TPSA) is 73.6 Å². The van der Waals surface area contributed by atoms with E-state index in [1.807, 2.05) is 0 Å². The Kier molecular flexibility index (Phi) is 6.40. The van der Waals surface area contributed by atoms with Gasteiger partial charge in [-0.1, -0.05) is 12.1 Å². The Labute approximate surface area is 141 Å². The summed E-state index contributed by atoms with van der Waals surface area (Å²) in [7, 11) is 0. The van der Waals surface area contributed by atoms with Crippen LogP contribution in [0, 0.1) is 0 Å². The molecule has 1 N–H and O–H groups in total. The number of ether oxygens (including phenoxy) is 2. The molecule has 2 atom stereocenters. The first kappa shape index (κ1) is 18.8. The van der Waals surface area contributed by atoms with E-state index in [0.717, 1.165) is 5.56 Å². The van der Waals surface area contributed by atoms with Crippen LogP contribution >= 0.6 is 0 Å². The Bertz CT molecular complexity index is 691. The highest BCUT2D eigenvalue weighted by Gasteiger charge is 2.29. The van der Waals surface area contributed by atoms with Crippen molar-refractivity contribution in [2.45, 2.75) is 32.4 Å². The largest absolute Gasteiger partial charge is 0.462 e. The molecule has 0 aliphatic rings. The standard InChI is InChI=1S/C16H17F3N2O4/c1-2-24-16(23)11-7-20-21(9-11)8-10-3-5-12(6-4-10)25-15(19)13(22)14(17)18/h3-7,9,13-15,22H,2,8H2,1H3. The fraction of sp³-hybridized carbons (Fsp3) is 0.375. The first-order chi connectivity index (χ1) is 11.9. The molecule has 1 aromatic carbocycles. The van der Waals surface area contributed by atoms with Crippen LogP contribution in [-0.2, 0) is 11.3 Å². The second-order valence-corrected chi connectivity index (χ2v) is 5.09. The van der Waals surface area contributed by atoms with Gasteiger partial charge in [-0.05, 0) is 24.6 Å². The van der Waals surface area contributed by atoms with E-state index < -0.39 is 24.9 Å². The van der Waals surface area contributed by atoms with Gasteiger partial charge in [0.05, 0.1) is 24.9 Å². The Morgan fingerprint density at radius 1 is 1.28 bits per heavy atom. The number of nitrogens with zero attached hydrogens (tertiary/aromatic N) is 2. The highest BCUT2D eigenvalue weighted by molar-refractivity contribution is 5.88. The number of rotatable bonds is 8. The monoisotopic (exact) mass is 358 g/mol.